The molecule has 3 aromatic rings. The Kier molecular flexibility index (Phi) is 9.95. The number of nitrogens with zero attached hydrogens (tertiary/aromatic N) is 4. The van der Waals surface area contributed by atoms with E-state index in [0.717, 1.165) is 53.1 Å². The molecule has 2 aromatic heterocycles. The third-order valence-electron chi connectivity index (χ3n) is 8.59. The monoisotopic (exact) mass is 649 g/mol. The molecule has 0 saturated carbocycles. The van der Waals surface area contributed by atoms with Gasteiger partial charge in [-0.3, -0.25) is 0 Å². The van der Waals surface area contributed by atoms with Crippen molar-refractivity contribution in [3.63, 3.8) is 0 Å². The van der Waals surface area contributed by atoms with Gasteiger partial charge in [0.15, 0.2) is 6.73 Å². The minimum absolute atomic E-state index is 0.132. The summed E-state index contributed by atoms with van der Waals surface area (Å²) >= 11 is 1.15. The zero-order valence-corrected chi connectivity index (χ0v) is 26.8. The summed E-state index contributed by atoms with van der Waals surface area (Å²) in [5.74, 6) is 0.849. The maximum absolute atomic E-state index is 13.0. The normalized spacial score (nSPS) is 21.9. The number of nitrogens with two attached hydrogens (primary N) is 1. The van der Waals surface area contributed by atoms with E-state index in [1.54, 1.807) is 6.92 Å². The summed E-state index contributed by atoms with van der Waals surface area (Å²) in [4.78, 5) is 3.81. The largest absolute Gasteiger partial charge is 0.751 e. The average molecular weight is 650 g/mol. The molecule has 1 atom stereocenters. The molecule has 0 aliphatic carbocycles. The topological polar surface area (TPSA) is 154 Å². The summed E-state index contributed by atoms with van der Waals surface area (Å²) < 4.78 is 60.1. The molecule has 43 heavy (non-hydrogen) atoms. The number of thiophene rings is 1. The van der Waals surface area contributed by atoms with Gasteiger partial charge in [-0.15, -0.1) is 11.3 Å². The van der Waals surface area contributed by atoms with Crippen molar-refractivity contribution in [1.29, 1.82) is 5.26 Å². The Hall–Kier alpha value is -2.73. The Bertz CT molecular complexity index is 1580. The smallest absolute Gasteiger partial charge is 0.493 e. The number of aryl methyl sites for hydroxylation is 1. The van der Waals surface area contributed by atoms with E-state index in [9.17, 15) is 13.0 Å². The van der Waals surface area contributed by atoms with Crippen molar-refractivity contribution in [2.24, 2.45) is 5.73 Å². The van der Waals surface area contributed by atoms with E-state index in [4.69, 9.17) is 24.8 Å². The Morgan fingerprint density at radius 1 is 1.07 bits per heavy atom. The molecule has 12 nitrogen and oxygen atoms in total. The summed E-state index contributed by atoms with van der Waals surface area (Å²) in [5, 5.41) is 9.60. The molecule has 2 bridgehead atoms. The summed E-state index contributed by atoms with van der Waals surface area (Å²) in [6.07, 6.45) is 3.31. The highest BCUT2D eigenvalue weighted by atomic mass is 32.2. The molecule has 0 radical (unpaired) electrons. The second kappa shape index (κ2) is 13.5. The molecule has 3 saturated heterocycles. The first-order valence-electron chi connectivity index (χ1n) is 14.4. The lowest BCUT2D eigenvalue weighted by Gasteiger charge is -2.55. The predicted molar refractivity (Wildman–Crippen MR) is 163 cm³/mol. The van der Waals surface area contributed by atoms with E-state index in [-0.39, 0.29) is 15.7 Å². The number of piperazine rings is 3. The van der Waals surface area contributed by atoms with Crippen molar-refractivity contribution in [1.82, 2.24) is 9.71 Å². The first-order chi connectivity index (χ1) is 20.7. The summed E-state index contributed by atoms with van der Waals surface area (Å²) in [6, 6.07) is 10.3. The Balaban J connectivity index is 1.11. The fourth-order valence-electron chi connectivity index (χ4n) is 5.99. The van der Waals surface area contributed by atoms with Crippen LogP contribution in [0.1, 0.15) is 24.1 Å². The van der Waals surface area contributed by atoms with E-state index >= 15 is 0 Å². The third-order valence-corrected chi connectivity index (χ3v) is 12.6. The van der Waals surface area contributed by atoms with Crippen LogP contribution in [0.15, 0.2) is 40.7 Å². The summed E-state index contributed by atoms with van der Waals surface area (Å²) in [5.41, 5.74) is 6.55. The van der Waals surface area contributed by atoms with Crippen LogP contribution < -0.4 is 19.7 Å². The van der Waals surface area contributed by atoms with Gasteiger partial charge in [-0.25, -0.2) is 17.9 Å². The number of aromatic nitrogens is 1. The number of ether oxygens (including phenoxy) is 1. The van der Waals surface area contributed by atoms with Crippen LogP contribution in [-0.2, 0) is 19.1 Å². The zero-order chi connectivity index (χ0) is 30.5. The van der Waals surface area contributed by atoms with E-state index in [0.29, 0.717) is 12.2 Å². The van der Waals surface area contributed by atoms with Crippen molar-refractivity contribution in [3.8, 4) is 17.6 Å². The van der Waals surface area contributed by atoms with Crippen LogP contribution in [0, 0.1) is 18.3 Å². The van der Waals surface area contributed by atoms with Gasteiger partial charge >= 0.3 is 8.25 Å². The number of fused-ring (bicyclic) bond motifs is 4. The van der Waals surface area contributed by atoms with E-state index in [1.165, 1.54) is 73.1 Å². The molecule has 6 rings (SSSR count). The van der Waals surface area contributed by atoms with Crippen LogP contribution in [-0.4, -0.2) is 94.6 Å². The molecule has 3 N–H and O–H groups in total. The first-order valence-corrected chi connectivity index (χ1v) is 17.8. The molecule has 1 aromatic carbocycles. The van der Waals surface area contributed by atoms with Gasteiger partial charge in [0.25, 0.3) is 10.0 Å². The van der Waals surface area contributed by atoms with E-state index < -0.39 is 25.0 Å². The van der Waals surface area contributed by atoms with Crippen molar-refractivity contribution in [3.05, 3.63) is 47.8 Å². The van der Waals surface area contributed by atoms with Gasteiger partial charge in [-0.2, -0.15) is 9.98 Å². The number of benzene rings is 1. The number of hydrogen-bond donors (Lipinski definition) is 2. The predicted octanol–water partition coefficient (Wildman–Crippen LogP) is 3.24. The quantitative estimate of drug-likeness (QED) is 0.109. The van der Waals surface area contributed by atoms with Crippen LogP contribution in [0.3, 0.4) is 0 Å². The fraction of sp³-hybridized carbons (Fsp3) is 0.500. The second-order valence-electron chi connectivity index (χ2n) is 11.2. The third kappa shape index (κ3) is 7.50. The minimum Gasteiger partial charge on any atom is -0.493 e. The number of hydrogen-bond acceptors (Lipinski definition) is 10. The van der Waals surface area contributed by atoms with Crippen LogP contribution in [0.25, 0.3) is 10.1 Å². The van der Waals surface area contributed by atoms with Crippen molar-refractivity contribution in [2.45, 2.75) is 24.0 Å². The molecule has 0 amide bonds. The van der Waals surface area contributed by atoms with Gasteiger partial charge in [0.1, 0.15) is 61.0 Å². The van der Waals surface area contributed by atoms with E-state index in [1.807, 2.05) is 24.3 Å². The van der Waals surface area contributed by atoms with Crippen LogP contribution >= 0.6 is 19.6 Å². The van der Waals surface area contributed by atoms with Crippen LogP contribution in [0.2, 0.25) is 0 Å². The number of pyridine rings is 1. The van der Waals surface area contributed by atoms with Gasteiger partial charge in [0, 0.05) is 27.5 Å². The SMILES string of the molecule is Cc1c(S(=O)(=O)NCO[P+](=O)Oc2ccc(C#N)nc2)sc2ccc(OCCC[N+]34CC[N+](CCCN)(CC3)CC4)cc12. The molecular weight excluding hydrogens is 611 g/mol. The van der Waals surface area contributed by atoms with Crippen LogP contribution in [0.5, 0.6) is 11.5 Å². The number of nitrogens with one attached hydrogen (secondary N) is 1. The fourth-order valence-corrected chi connectivity index (χ4v) is 9.24. The Morgan fingerprint density at radius 2 is 1.74 bits per heavy atom. The lowest BCUT2D eigenvalue weighted by atomic mass is 10.1. The van der Waals surface area contributed by atoms with Crippen molar-refractivity contribution >= 4 is 39.7 Å². The second-order valence-corrected chi connectivity index (χ2v) is 15.1. The van der Waals surface area contributed by atoms with Gasteiger partial charge in [0.2, 0.25) is 5.75 Å². The molecule has 3 aliphatic rings. The molecule has 0 spiro atoms. The molecule has 230 valence electrons. The first kappa shape index (κ1) is 31.7. The van der Waals surface area contributed by atoms with Gasteiger partial charge < -0.3 is 19.4 Å². The molecule has 3 aliphatic heterocycles. The van der Waals surface area contributed by atoms with Gasteiger partial charge in [0.05, 0.1) is 25.9 Å². The lowest BCUT2D eigenvalue weighted by Crippen LogP contribution is -2.75. The highest BCUT2D eigenvalue weighted by molar-refractivity contribution is 7.91. The molecular formula is C28H38N6O6PS2+3. The van der Waals surface area contributed by atoms with Gasteiger partial charge in [-0.1, -0.05) is 4.52 Å². The standard InChI is InChI=1S/C28H38N6O6PS2/c1-22-26-18-24(38-17-3-10-34-14-11-33(12-15-34,13-16-34)9-2-8-29)6-7-27(26)42-28(22)43(36,37)32-21-39-41(35)40-25-5-4-23(19-30)31-20-25/h4-7,18,20,32H,2-3,8-17,21,29H2,1H3/q+3. The lowest BCUT2D eigenvalue weighted by molar-refractivity contribution is -1.08. The molecule has 15 heteroatoms. The average Bonchev–Trinajstić information content (AvgIpc) is 3.36. The molecule has 3 fully saturated rings. The van der Waals surface area contributed by atoms with Crippen LogP contribution in [0.4, 0.5) is 0 Å². The maximum atomic E-state index is 13.0. The highest BCUT2D eigenvalue weighted by Gasteiger charge is 2.48. The van der Waals surface area contributed by atoms with Gasteiger partial charge in [-0.05, 0) is 49.4 Å². The maximum Gasteiger partial charge on any atom is 0.751 e. The number of quaternary nitrogens is 2. The number of rotatable bonds is 15. The van der Waals surface area contributed by atoms with Crippen molar-refractivity contribution < 1.29 is 35.7 Å². The number of nitriles is 1. The summed E-state index contributed by atoms with van der Waals surface area (Å²) in [7, 11) is -6.59. The highest BCUT2D eigenvalue weighted by Crippen LogP contribution is 2.36. The Morgan fingerprint density at radius 3 is 2.37 bits per heavy atom. The minimum atomic E-state index is -3.93. The van der Waals surface area contributed by atoms with E-state index in [2.05, 4.69) is 9.71 Å². The number of sulfonamides is 1. The molecule has 1 unspecified atom stereocenters. The zero-order valence-electron chi connectivity index (χ0n) is 24.2. The molecule has 5 heterocycles. The van der Waals surface area contributed by atoms with Crippen molar-refractivity contribution in [2.75, 3.05) is 72.2 Å². The summed E-state index contributed by atoms with van der Waals surface area (Å²) in [6.45, 7) is 12.4. The Labute approximate surface area is 257 Å².